The molecule has 0 aliphatic rings. The highest BCUT2D eigenvalue weighted by Gasteiger charge is 2.04. The van der Waals surface area contributed by atoms with Crippen LogP contribution in [0.15, 0.2) is 23.1 Å². The Balaban J connectivity index is 2.53. The quantitative estimate of drug-likeness (QED) is 0.781. The number of nitrogens with zero attached hydrogens (tertiary/aromatic N) is 4. The molecule has 2 heterocycles. The highest BCUT2D eigenvalue weighted by molar-refractivity contribution is 9.10. The smallest absolute Gasteiger partial charge is 0.235 e. The van der Waals surface area contributed by atoms with Gasteiger partial charge in [0, 0.05) is 18.6 Å². The van der Waals surface area contributed by atoms with Gasteiger partial charge in [-0.15, -0.1) is 0 Å². The predicted octanol–water partition coefficient (Wildman–Crippen LogP) is 2.04. The summed E-state index contributed by atoms with van der Waals surface area (Å²) in [6, 6.07) is 0. The van der Waals surface area contributed by atoms with Gasteiger partial charge in [0.05, 0.1) is 10.2 Å². The summed E-state index contributed by atoms with van der Waals surface area (Å²) >= 11 is 3.36. The highest BCUT2D eigenvalue weighted by atomic mass is 79.9. The Morgan fingerprint density at radius 2 is 2.07 bits per heavy atom. The fourth-order valence-electron chi connectivity index (χ4n) is 1.15. The summed E-state index contributed by atoms with van der Waals surface area (Å²) < 4.78 is 2.76. The SMILES string of the molecule is Cc1nc(-n2ccnc2C)ncc1Br. The maximum atomic E-state index is 4.34. The summed E-state index contributed by atoms with van der Waals surface area (Å²) in [7, 11) is 0. The van der Waals surface area contributed by atoms with Crippen molar-refractivity contribution in [2.24, 2.45) is 0 Å². The molecule has 2 aromatic rings. The molecule has 0 bridgehead atoms. The minimum atomic E-state index is 0.653. The predicted molar refractivity (Wildman–Crippen MR) is 56.3 cm³/mol. The Morgan fingerprint density at radius 3 is 2.64 bits per heavy atom. The van der Waals surface area contributed by atoms with Crippen LogP contribution in [0.2, 0.25) is 0 Å². The minimum Gasteiger partial charge on any atom is -0.272 e. The van der Waals surface area contributed by atoms with Crippen molar-refractivity contribution in [3.8, 4) is 5.95 Å². The van der Waals surface area contributed by atoms with Gasteiger partial charge < -0.3 is 0 Å². The molecule has 0 saturated heterocycles. The summed E-state index contributed by atoms with van der Waals surface area (Å²) in [6.07, 6.45) is 5.32. The number of imidazole rings is 1. The Kier molecular flexibility index (Phi) is 2.33. The van der Waals surface area contributed by atoms with E-state index >= 15 is 0 Å². The average Bonchev–Trinajstić information content (AvgIpc) is 2.57. The third-order valence-corrected chi connectivity index (χ3v) is 2.73. The van der Waals surface area contributed by atoms with E-state index in [0.29, 0.717) is 5.95 Å². The second-order valence-electron chi connectivity index (χ2n) is 2.95. The largest absolute Gasteiger partial charge is 0.272 e. The van der Waals surface area contributed by atoms with Gasteiger partial charge in [-0.3, -0.25) is 4.57 Å². The monoisotopic (exact) mass is 252 g/mol. The zero-order valence-electron chi connectivity index (χ0n) is 7.90. The van der Waals surface area contributed by atoms with Gasteiger partial charge in [-0.05, 0) is 29.8 Å². The first-order valence-electron chi connectivity index (χ1n) is 4.18. The lowest BCUT2D eigenvalue weighted by molar-refractivity contribution is 0.868. The van der Waals surface area contributed by atoms with E-state index in [-0.39, 0.29) is 0 Å². The van der Waals surface area contributed by atoms with Crippen molar-refractivity contribution in [1.82, 2.24) is 19.5 Å². The van der Waals surface area contributed by atoms with Crippen LogP contribution in [-0.2, 0) is 0 Å². The van der Waals surface area contributed by atoms with Crippen LogP contribution in [0.3, 0.4) is 0 Å². The van der Waals surface area contributed by atoms with E-state index in [1.54, 1.807) is 12.4 Å². The molecule has 14 heavy (non-hydrogen) atoms. The summed E-state index contributed by atoms with van der Waals surface area (Å²) in [5.41, 5.74) is 0.920. The van der Waals surface area contributed by atoms with Crippen LogP contribution in [0.5, 0.6) is 0 Å². The molecule has 0 aromatic carbocycles. The molecule has 0 spiro atoms. The van der Waals surface area contributed by atoms with Gasteiger partial charge in [-0.1, -0.05) is 0 Å². The van der Waals surface area contributed by atoms with Gasteiger partial charge in [0.25, 0.3) is 0 Å². The lowest BCUT2D eigenvalue weighted by atomic mass is 10.4. The standard InChI is InChI=1S/C9H9BrN4/c1-6-8(10)5-12-9(13-6)14-4-3-11-7(14)2/h3-5H,1-2H3. The normalized spacial score (nSPS) is 10.5. The van der Waals surface area contributed by atoms with Crippen molar-refractivity contribution in [3.63, 3.8) is 0 Å². The lowest BCUT2D eigenvalue weighted by Gasteiger charge is -2.04. The fraction of sp³-hybridized carbons (Fsp3) is 0.222. The number of rotatable bonds is 1. The van der Waals surface area contributed by atoms with Crippen molar-refractivity contribution in [3.05, 3.63) is 34.6 Å². The van der Waals surface area contributed by atoms with E-state index in [1.807, 2.05) is 24.6 Å². The molecule has 0 fully saturated rings. The first-order chi connectivity index (χ1) is 6.68. The third-order valence-electron chi connectivity index (χ3n) is 1.95. The average molecular weight is 253 g/mol. The number of hydrogen-bond donors (Lipinski definition) is 0. The van der Waals surface area contributed by atoms with E-state index in [9.17, 15) is 0 Å². The van der Waals surface area contributed by atoms with Gasteiger partial charge in [0.15, 0.2) is 0 Å². The first kappa shape index (κ1) is 9.33. The molecular formula is C9H9BrN4. The summed E-state index contributed by atoms with van der Waals surface area (Å²) in [5, 5.41) is 0. The molecule has 0 aliphatic carbocycles. The molecule has 5 heteroatoms. The van der Waals surface area contributed by atoms with Gasteiger partial charge in [-0.25, -0.2) is 15.0 Å². The van der Waals surface area contributed by atoms with Gasteiger partial charge in [0.2, 0.25) is 5.95 Å². The second-order valence-corrected chi connectivity index (χ2v) is 3.80. The number of hydrogen-bond acceptors (Lipinski definition) is 3. The Hall–Kier alpha value is -1.23. The van der Waals surface area contributed by atoms with E-state index in [4.69, 9.17) is 0 Å². The van der Waals surface area contributed by atoms with Crippen molar-refractivity contribution in [2.75, 3.05) is 0 Å². The third kappa shape index (κ3) is 1.55. The van der Waals surface area contributed by atoms with Crippen LogP contribution in [0.1, 0.15) is 11.5 Å². The molecule has 0 radical (unpaired) electrons. The van der Waals surface area contributed by atoms with Gasteiger partial charge >= 0.3 is 0 Å². The zero-order chi connectivity index (χ0) is 10.1. The van der Waals surface area contributed by atoms with E-state index in [1.165, 1.54) is 0 Å². The molecule has 4 nitrogen and oxygen atoms in total. The molecule has 2 aromatic heterocycles. The maximum Gasteiger partial charge on any atom is 0.235 e. The van der Waals surface area contributed by atoms with Crippen molar-refractivity contribution in [1.29, 1.82) is 0 Å². The Labute approximate surface area is 90.2 Å². The van der Waals surface area contributed by atoms with Crippen LogP contribution in [0.4, 0.5) is 0 Å². The number of aromatic nitrogens is 4. The second kappa shape index (κ2) is 3.49. The van der Waals surface area contributed by atoms with Gasteiger partial charge in [0.1, 0.15) is 5.82 Å². The summed E-state index contributed by atoms with van der Waals surface area (Å²) in [4.78, 5) is 12.7. The van der Waals surface area contributed by atoms with E-state index < -0.39 is 0 Å². The van der Waals surface area contributed by atoms with E-state index in [0.717, 1.165) is 16.0 Å². The van der Waals surface area contributed by atoms with Crippen molar-refractivity contribution in [2.45, 2.75) is 13.8 Å². The van der Waals surface area contributed by atoms with Crippen molar-refractivity contribution < 1.29 is 0 Å². The zero-order valence-corrected chi connectivity index (χ0v) is 9.48. The Bertz CT molecular complexity index is 464. The van der Waals surface area contributed by atoms with Crippen LogP contribution in [-0.4, -0.2) is 19.5 Å². The summed E-state index contributed by atoms with van der Waals surface area (Å²) in [5.74, 6) is 1.53. The Morgan fingerprint density at radius 1 is 1.29 bits per heavy atom. The molecule has 0 amide bonds. The highest BCUT2D eigenvalue weighted by Crippen LogP contribution is 2.13. The topological polar surface area (TPSA) is 43.6 Å². The van der Waals surface area contributed by atoms with E-state index in [2.05, 4.69) is 30.9 Å². The number of aryl methyl sites for hydroxylation is 2. The molecule has 2 rings (SSSR count). The van der Waals surface area contributed by atoms with Crippen LogP contribution in [0.25, 0.3) is 5.95 Å². The molecular weight excluding hydrogens is 244 g/mol. The van der Waals surface area contributed by atoms with Crippen LogP contribution < -0.4 is 0 Å². The number of halogens is 1. The molecule has 72 valence electrons. The van der Waals surface area contributed by atoms with Gasteiger partial charge in [-0.2, -0.15) is 0 Å². The minimum absolute atomic E-state index is 0.653. The fourth-order valence-corrected chi connectivity index (χ4v) is 1.34. The molecule has 0 atom stereocenters. The molecule has 0 saturated carbocycles. The maximum absolute atomic E-state index is 4.34. The first-order valence-corrected chi connectivity index (χ1v) is 4.97. The van der Waals surface area contributed by atoms with Crippen molar-refractivity contribution >= 4 is 15.9 Å². The van der Waals surface area contributed by atoms with Crippen LogP contribution in [0, 0.1) is 13.8 Å². The summed E-state index contributed by atoms with van der Waals surface area (Å²) in [6.45, 7) is 3.85. The molecule has 0 aliphatic heterocycles. The van der Waals surface area contributed by atoms with Crippen LogP contribution >= 0.6 is 15.9 Å². The lowest BCUT2D eigenvalue weighted by Crippen LogP contribution is -2.03. The molecule has 0 unspecified atom stereocenters. The molecule has 0 N–H and O–H groups in total.